The molecule has 0 saturated carbocycles. The molecule has 2 aromatic rings. The van der Waals surface area contributed by atoms with Crippen LogP contribution in [0.25, 0.3) is 0 Å². The Morgan fingerprint density at radius 1 is 1.18 bits per heavy atom. The minimum atomic E-state index is 0. The molecule has 5 nitrogen and oxygen atoms in total. The van der Waals surface area contributed by atoms with Crippen molar-refractivity contribution >= 4 is 12.4 Å². The number of nitrogens with zero attached hydrogens (tertiary/aromatic N) is 2. The summed E-state index contributed by atoms with van der Waals surface area (Å²) in [5, 5.41) is 7.20. The van der Waals surface area contributed by atoms with Crippen molar-refractivity contribution in [3.05, 3.63) is 41.5 Å². The van der Waals surface area contributed by atoms with Crippen LogP contribution in [0.2, 0.25) is 0 Å². The molecule has 22 heavy (non-hydrogen) atoms. The molecule has 0 fully saturated rings. The number of hydrogen-bond donors (Lipinski definition) is 1. The number of rotatable bonds is 7. The van der Waals surface area contributed by atoms with Crippen molar-refractivity contribution in [3.63, 3.8) is 0 Å². The highest BCUT2D eigenvalue weighted by Crippen LogP contribution is 2.22. The molecule has 1 heterocycles. The lowest BCUT2D eigenvalue weighted by atomic mass is 9.98. The average Bonchev–Trinajstić information content (AvgIpc) is 2.94. The Kier molecular flexibility index (Phi) is 7.35. The predicted molar refractivity (Wildman–Crippen MR) is 88.9 cm³/mol. The van der Waals surface area contributed by atoms with Gasteiger partial charge in [0.1, 0.15) is 5.75 Å². The van der Waals surface area contributed by atoms with Gasteiger partial charge in [0.2, 0.25) is 5.89 Å². The van der Waals surface area contributed by atoms with Crippen molar-refractivity contribution in [2.75, 3.05) is 14.2 Å². The van der Waals surface area contributed by atoms with E-state index in [9.17, 15) is 0 Å². The van der Waals surface area contributed by atoms with Crippen LogP contribution in [0, 0.1) is 0 Å². The van der Waals surface area contributed by atoms with E-state index in [0.29, 0.717) is 17.9 Å². The SMILES string of the molecule is CNC(C)Cc1noc(CC(C)c2ccc(OC)cc2)n1.Cl. The fourth-order valence-electron chi connectivity index (χ4n) is 2.14. The quantitative estimate of drug-likeness (QED) is 0.848. The van der Waals surface area contributed by atoms with Crippen LogP contribution in [-0.4, -0.2) is 30.3 Å². The Morgan fingerprint density at radius 2 is 1.86 bits per heavy atom. The minimum Gasteiger partial charge on any atom is -0.497 e. The second kappa shape index (κ2) is 8.76. The molecular weight excluding hydrogens is 302 g/mol. The summed E-state index contributed by atoms with van der Waals surface area (Å²) in [5.74, 6) is 2.64. The molecule has 0 aliphatic heterocycles. The Labute approximate surface area is 137 Å². The lowest BCUT2D eigenvalue weighted by molar-refractivity contribution is 0.365. The van der Waals surface area contributed by atoms with E-state index in [1.807, 2.05) is 19.2 Å². The molecule has 1 aromatic heterocycles. The third-order valence-electron chi connectivity index (χ3n) is 3.66. The third kappa shape index (κ3) is 5.00. The van der Waals surface area contributed by atoms with Crippen LogP contribution in [0.15, 0.2) is 28.8 Å². The molecule has 122 valence electrons. The first kappa shape index (κ1) is 18.5. The zero-order valence-electron chi connectivity index (χ0n) is 13.5. The van der Waals surface area contributed by atoms with E-state index in [0.717, 1.165) is 24.4 Å². The van der Waals surface area contributed by atoms with Gasteiger partial charge in [-0.25, -0.2) is 0 Å². The van der Waals surface area contributed by atoms with E-state index < -0.39 is 0 Å². The van der Waals surface area contributed by atoms with Crippen LogP contribution in [0.1, 0.15) is 37.0 Å². The van der Waals surface area contributed by atoms with Crippen molar-refractivity contribution in [1.29, 1.82) is 0 Å². The van der Waals surface area contributed by atoms with E-state index in [1.165, 1.54) is 5.56 Å². The van der Waals surface area contributed by atoms with Crippen LogP contribution in [0.4, 0.5) is 0 Å². The monoisotopic (exact) mass is 325 g/mol. The molecule has 0 aliphatic rings. The number of aromatic nitrogens is 2. The Balaban J connectivity index is 0.00000242. The fraction of sp³-hybridized carbons (Fsp3) is 0.500. The predicted octanol–water partition coefficient (Wildman–Crippen LogP) is 3.00. The van der Waals surface area contributed by atoms with Crippen molar-refractivity contribution in [1.82, 2.24) is 15.5 Å². The summed E-state index contributed by atoms with van der Waals surface area (Å²) in [6, 6.07) is 8.43. The molecule has 2 unspecified atom stereocenters. The van der Waals surface area contributed by atoms with Gasteiger partial charge >= 0.3 is 0 Å². The van der Waals surface area contributed by atoms with Crippen molar-refractivity contribution in [2.45, 2.75) is 38.6 Å². The second-order valence-electron chi connectivity index (χ2n) is 5.38. The molecule has 0 bridgehead atoms. The van der Waals surface area contributed by atoms with Crippen molar-refractivity contribution in [2.24, 2.45) is 0 Å². The first-order valence-electron chi connectivity index (χ1n) is 7.25. The standard InChI is InChI=1S/C16H23N3O2.ClH/c1-11(13-5-7-14(20-4)8-6-13)9-16-18-15(19-21-16)10-12(2)17-3;/h5-8,11-12,17H,9-10H2,1-4H3;1H. The van der Waals surface area contributed by atoms with Crippen LogP contribution in [0.5, 0.6) is 5.75 Å². The first-order chi connectivity index (χ1) is 10.1. The van der Waals surface area contributed by atoms with Crippen LogP contribution < -0.4 is 10.1 Å². The molecule has 6 heteroatoms. The van der Waals surface area contributed by atoms with Crippen LogP contribution in [-0.2, 0) is 12.8 Å². The zero-order valence-corrected chi connectivity index (χ0v) is 14.3. The average molecular weight is 326 g/mol. The number of ether oxygens (including phenoxy) is 1. The van der Waals surface area contributed by atoms with Gasteiger partial charge in [-0.15, -0.1) is 12.4 Å². The third-order valence-corrected chi connectivity index (χ3v) is 3.66. The van der Waals surface area contributed by atoms with E-state index in [2.05, 4.69) is 41.4 Å². The van der Waals surface area contributed by atoms with Crippen molar-refractivity contribution in [3.8, 4) is 5.75 Å². The maximum Gasteiger partial charge on any atom is 0.227 e. The molecule has 0 amide bonds. The number of likely N-dealkylation sites (N-methyl/N-ethyl adjacent to an activating group) is 1. The highest BCUT2D eigenvalue weighted by Gasteiger charge is 2.14. The molecule has 1 N–H and O–H groups in total. The van der Waals surface area contributed by atoms with Crippen LogP contribution in [0.3, 0.4) is 0 Å². The molecule has 0 radical (unpaired) electrons. The highest BCUT2D eigenvalue weighted by atomic mass is 35.5. The Morgan fingerprint density at radius 3 is 2.45 bits per heavy atom. The maximum absolute atomic E-state index is 5.33. The summed E-state index contributed by atoms with van der Waals surface area (Å²) in [7, 11) is 3.60. The number of nitrogens with one attached hydrogen (secondary N) is 1. The number of hydrogen-bond acceptors (Lipinski definition) is 5. The van der Waals surface area contributed by atoms with Gasteiger partial charge in [-0.2, -0.15) is 4.98 Å². The molecule has 0 saturated heterocycles. The molecule has 0 spiro atoms. The molecule has 1 aromatic carbocycles. The molecular formula is C16H24ClN3O2. The smallest absolute Gasteiger partial charge is 0.227 e. The maximum atomic E-state index is 5.33. The largest absolute Gasteiger partial charge is 0.497 e. The van der Waals surface area contributed by atoms with Gasteiger partial charge in [0.25, 0.3) is 0 Å². The van der Waals surface area contributed by atoms with E-state index in [1.54, 1.807) is 7.11 Å². The van der Waals surface area contributed by atoms with E-state index in [4.69, 9.17) is 9.26 Å². The first-order valence-corrected chi connectivity index (χ1v) is 7.25. The summed E-state index contributed by atoms with van der Waals surface area (Å²) >= 11 is 0. The van der Waals surface area contributed by atoms with Gasteiger partial charge in [-0.1, -0.05) is 24.2 Å². The minimum absolute atomic E-state index is 0. The van der Waals surface area contributed by atoms with Gasteiger partial charge < -0.3 is 14.6 Å². The Hall–Kier alpha value is -1.59. The second-order valence-corrected chi connectivity index (χ2v) is 5.38. The van der Waals surface area contributed by atoms with E-state index in [-0.39, 0.29) is 12.4 Å². The van der Waals surface area contributed by atoms with Gasteiger partial charge in [0.05, 0.1) is 7.11 Å². The van der Waals surface area contributed by atoms with Crippen molar-refractivity contribution < 1.29 is 9.26 Å². The fourth-order valence-corrected chi connectivity index (χ4v) is 2.14. The summed E-state index contributed by atoms with van der Waals surface area (Å²) in [4.78, 5) is 4.45. The number of benzene rings is 1. The zero-order chi connectivity index (χ0) is 15.2. The topological polar surface area (TPSA) is 60.2 Å². The van der Waals surface area contributed by atoms with Gasteiger partial charge in [0, 0.05) is 18.9 Å². The van der Waals surface area contributed by atoms with E-state index >= 15 is 0 Å². The van der Waals surface area contributed by atoms with Crippen LogP contribution >= 0.6 is 12.4 Å². The normalized spacial score (nSPS) is 13.3. The summed E-state index contributed by atoms with van der Waals surface area (Å²) in [5.41, 5.74) is 1.24. The van der Waals surface area contributed by atoms with Gasteiger partial charge in [-0.05, 0) is 37.6 Å². The summed E-state index contributed by atoms with van der Waals surface area (Å²) in [6.45, 7) is 4.25. The van der Waals surface area contributed by atoms with Gasteiger partial charge in [0.15, 0.2) is 5.82 Å². The number of methoxy groups -OCH3 is 1. The highest BCUT2D eigenvalue weighted by molar-refractivity contribution is 5.85. The molecule has 0 aliphatic carbocycles. The molecule has 2 rings (SSSR count). The van der Waals surface area contributed by atoms with Gasteiger partial charge in [-0.3, -0.25) is 0 Å². The lowest BCUT2D eigenvalue weighted by Gasteiger charge is -2.09. The summed E-state index contributed by atoms with van der Waals surface area (Å²) < 4.78 is 10.5. The summed E-state index contributed by atoms with van der Waals surface area (Å²) in [6.07, 6.45) is 1.52. The number of halogens is 1. The lowest BCUT2D eigenvalue weighted by Crippen LogP contribution is -2.24. The molecule has 2 atom stereocenters. The Bertz CT molecular complexity index is 557.